The van der Waals surface area contributed by atoms with Gasteiger partial charge in [0.05, 0.1) is 18.9 Å². The van der Waals surface area contributed by atoms with Crippen LogP contribution in [0.1, 0.15) is 25.2 Å². The number of phenolic OH excluding ortho intramolecular Hbond substituents is 1. The highest BCUT2D eigenvalue weighted by molar-refractivity contribution is 5.90. The fraction of sp³-hybridized carbons (Fsp3) is 0.417. The number of aromatic hydroxyl groups is 1. The summed E-state index contributed by atoms with van der Waals surface area (Å²) in [5.74, 6) is -0.206. The van der Waals surface area contributed by atoms with Crippen LogP contribution in [-0.2, 0) is 14.3 Å². The van der Waals surface area contributed by atoms with Crippen molar-refractivity contribution in [2.24, 2.45) is 0 Å². The minimum Gasteiger partial charge on any atom is -0.506 e. The minimum atomic E-state index is -0.420. The van der Waals surface area contributed by atoms with Crippen molar-refractivity contribution < 1.29 is 19.4 Å². The Morgan fingerprint density at radius 1 is 1.41 bits per heavy atom. The summed E-state index contributed by atoms with van der Waals surface area (Å²) < 4.78 is 10.9. The van der Waals surface area contributed by atoms with Crippen molar-refractivity contribution in [1.82, 2.24) is 0 Å². The lowest BCUT2D eigenvalue weighted by molar-refractivity contribution is -0.183. The number of carbonyl (C=O) groups excluding carboxylic acids is 1. The predicted molar refractivity (Wildman–Crippen MR) is 61.7 cm³/mol. The predicted octanol–water partition coefficient (Wildman–Crippen LogP) is 1.79. The van der Waals surface area contributed by atoms with Gasteiger partial charge in [-0.05, 0) is 18.6 Å². The number of amides is 1. The molecule has 17 heavy (non-hydrogen) atoms. The van der Waals surface area contributed by atoms with Gasteiger partial charge in [0.15, 0.2) is 6.29 Å². The van der Waals surface area contributed by atoms with Crippen molar-refractivity contribution in [3.8, 4) is 5.75 Å². The number of phenols is 1. The molecule has 1 aliphatic rings. The van der Waals surface area contributed by atoms with Gasteiger partial charge in [-0.25, -0.2) is 0 Å². The molecule has 2 rings (SSSR count). The number of benzene rings is 1. The first kappa shape index (κ1) is 11.9. The number of hydrogen-bond acceptors (Lipinski definition) is 4. The Morgan fingerprint density at radius 2 is 2.12 bits per heavy atom. The summed E-state index contributed by atoms with van der Waals surface area (Å²) in [6.07, 6.45) is 0.463. The monoisotopic (exact) mass is 237 g/mol. The van der Waals surface area contributed by atoms with Crippen molar-refractivity contribution in [3.63, 3.8) is 0 Å². The fourth-order valence-corrected chi connectivity index (χ4v) is 1.67. The maximum absolute atomic E-state index is 11.0. The van der Waals surface area contributed by atoms with E-state index in [1.54, 1.807) is 12.1 Å². The molecule has 0 spiro atoms. The highest BCUT2D eigenvalue weighted by atomic mass is 16.7. The van der Waals surface area contributed by atoms with Crippen LogP contribution < -0.4 is 5.32 Å². The van der Waals surface area contributed by atoms with Gasteiger partial charge in [0.25, 0.3) is 0 Å². The average Bonchev–Trinajstić information content (AvgIpc) is 2.32. The molecular formula is C12H15NO4. The van der Waals surface area contributed by atoms with E-state index in [0.29, 0.717) is 18.9 Å². The molecule has 1 saturated heterocycles. The number of ether oxygens (including phenoxy) is 2. The molecule has 0 radical (unpaired) electrons. The highest BCUT2D eigenvalue weighted by Crippen LogP contribution is 2.30. The van der Waals surface area contributed by atoms with E-state index in [1.807, 2.05) is 0 Å². The van der Waals surface area contributed by atoms with Crippen molar-refractivity contribution in [3.05, 3.63) is 23.8 Å². The number of nitrogens with one attached hydrogen (secondary N) is 1. The molecule has 1 aromatic rings. The molecule has 1 aromatic carbocycles. The quantitative estimate of drug-likeness (QED) is 0.769. The van der Waals surface area contributed by atoms with E-state index < -0.39 is 6.29 Å². The van der Waals surface area contributed by atoms with E-state index in [9.17, 15) is 9.90 Å². The molecule has 5 nitrogen and oxygen atoms in total. The molecule has 0 unspecified atom stereocenters. The highest BCUT2D eigenvalue weighted by Gasteiger charge is 2.18. The fourth-order valence-electron chi connectivity index (χ4n) is 1.67. The van der Waals surface area contributed by atoms with Gasteiger partial charge in [-0.1, -0.05) is 6.07 Å². The second-order valence-corrected chi connectivity index (χ2v) is 3.88. The van der Waals surface area contributed by atoms with E-state index in [-0.39, 0.29) is 11.7 Å². The number of hydrogen-bond donors (Lipinski definition) is 2. The summed E-state index contributed by atoms with van der Waals surface area (Å²) in [6, 6.07) is 4.89. The van der Waals surface area contributed by atoms with E-state index in [4.69, 9.17) is 9.47 Å². The largest absolute Gasteiger partial charge is 0.506 e. The molecule has 1 fully saturated rings. The van der Waals surface area contributed by atoms with Gasteiger partial charge in [0.1, 0.15) is 5.75 Å². The average molecular weight is 237 g/mol. The second kappa shape index (κ2) is 5.16. The van der Waals surface area contributed by atoms with E-state index in [1.165, 1.54) is 13.0 Å². The van der Waals surface area contributed by atoms with E-state index in [0.717, 1.165) is 12.0 Å². The standard InChI is InChI=1S/C12H15NO4/c1-8(14)13-10-7-9(3-4-11(10)15)12-16-5-2-6-17-12/h3-4,7,12,15H,2,5-6H2,1H3,(H,13,14). The Kier molecular flexibility index (Phi) is 3.61. The molecule has 5 heteroatoms. The van der Waals surface area contributed by atoms with Crippen molar-refractivity contribution in [2.45, 2.75) is 19.6 Å². The van der Waals surface area contributed by atoms with Gasteiger partial charge in [-0.3, -0.25) is 4.79 Å². The third kappa shape index (κ3) is 2.95. The zero-order valence-corrected chi connectivity index (χ0v) is 9.60. The Balaban J connectivity index is 2.20. The van der Waals surface area contributed by atoms with Gasteiger partial charge in [0.2, 0.25) is 5.91 Å². The van der Waals surface area contributed by atoms with Gasteiger partial charge in [0, 0.05) is 12.5 Å². The molecule has 2 N–H and O–H groups in total. The lowest BCUT2D eigenvalue weighted by Crippen LogP contribution is -2.18. The van der Waals surface area contributed by atoms with E-state index >= 15 is 0 Å². The molecule has 1 amide bonds. The van der Waals surface area contributed by atoms with Crippen molar-refractivity contribution in [1.29, 1.82) is 0 Å². The summed E-state index contributed by atoms with van der Waals surface area (Å²) in [6.45, 7) is 2.70. The molecule has 1 heterocycles. The lowest BCUT2D eigenvalue weighted by atomic mass is 10.1. The van der Waals surface area contributed by atoms with Crippen LogP contribution in [-0.4, -0.2) is 24.2 Å². The zero-order chi connectivity index (χ0) is 12.3. The van der Waals surface area contributed by atoms with E-state index in [2.05, 4.69) is 5.32 Å². The van der Waals surface area contributed by atoms with Crippen LogP contribution in [0.3, 0.4) is 0 Å². The van der Waals surface area contributed by atoms with Gasteiger partial charge in [-0.2, -0.15) is 0 Å². The summed E-state index contributed by atoms with van der Waals surface area (Å²) in [7, 11) is 0. The third-order valence-electron chi connectivity index (χ3n) is 2.43. The smallest absolute Gasteiger partial charge is 0.221 e. The number of anilines is 1. The maximum atomic E-state index is 11.0. The number of carbonyl (C=O) groups is 1. The van der Waals surface area contributed by atoms with Gasteiger partial charge in [-0.15, -0.1) is 0 Å². The Bertz CT molecular complexity index is 413. The van der Waals surface area contributed by atoms with Gasteiger partial charge < -0.3 is 19.9 Å². The van der Waals surface area contributed by atoms with Crippen LogP contribution in [0.2, 0.25) is 0 Å². The first-order valence-corrected chi connectivity index (χ1v) is 5.50. The molecule has 1 aliphatic heterocycles. The first-order chi connectivity index (χ1) is 8.16. The molecule has 0 atom stereocenters. The topological polar surface area (TPSA) is 67.8 Å². The van der Waals surface area contributed by atoms with Crippen LogP contribution in [0.5, 0.6) is 5.75 Å². The molecular weight excluding hydrogens is 222 g/mol. The Hall–Kier alpha value is -1.59. The minimum absolute atomic E-state index is 0.0276. The Morgan fingerprint density at radius 3 is 2.76 bits per heavy atom. The molecule has 0 aromatic heterocycles. The summed E-state index contributed by atoms with van der Waals surface area (Å²) in [5.41, 5.74) is 1.15. The summed E-state index contributed by atoms with van der Waals surface area (Å²) >= 11 is 0. The van der Waals surface area contributed by atoms with Crippen molar-refractivity contribution in [2.75, 3.05) is 18.5 Å². The molecule has 0 saturated carbocycles. The third-order valence-corrected chi connectivity index (χ3v) is 2.43. The molecule has 0 bridgehead atoms. The normalized spacial score (nSPS) is 16.8. The molecule has 92 valence electrons. The summed E-state index contributed by atoms with van der Waals surface area (Å²) in [5, 5.41) is 12.1. The van der Waals surface area contributed by atoms with Crippen LogP contribution in [0.15, 0.2) is 18.2 Å². The van der Waals surface area contributed by atoms with Gasteiger partial charge >= 0.3 is 0 Å². The second-order valence-electron chi connectivity index (χ2n) is 3.88. The summed E-state index contributed by atoms with van der Waals surface area (Å²) in [4.78, 5) is 11.0. The Labute approximate surface area is 99.3 Å². The molecule has 0 aliphatic carbocycles. The van der Waals surface area contributed by atoms with Crippen molar-refractivity contribution >= 4 is 11.6 Å². The lowest BCUT2D eigenvalue weighted by Gasteiger charge is -2.24. The zero-order valence-electron chi connectivity index (χ0n) is 9.60. The maximum Gasteiger partial charge on any atom is 0.221 e. The van der Waals surface area contributed by atoms with Crippen LogP contribution >= 0.6 is 0 Å². The SMILES string of the molecule is CC(=O)Nc1cc(C2OCCCO2)ccc1O. The van der Waals surface area contributed by atoms with Crippen LogP contribution in [0.4, 0.5) is 5.69 Å². The van der Waals surface area contributed by atoms with Crippen LogP contribution in [0.25, 0.3) is 0 Å². The number of rotatable bonds is 2. The van der Waals surface area contributed by atoms with Crippen LogP contribution in [0, 0.1) is 0 Å². The first-order valence-electron chi connectivity index (χ1n) is 5.50.